The van der Waals surface area contributed by atoms with Crippen molar-refractivity contribution >= 4 is 11.8 Å². The second kappa shape index (κ2) is 9.07. The van der Waals surface area contributed by atoms with Crippen LogP contribution in [0.2, 0.25) is 0 Å². The Morgan fingerprint density at radius 3 is 2.19 bits per heavy atom. The maximum Gasteiger partial charge on any atom is 0.279 e. The standard InChI is InChI=1S/C21H26N2O4/c1-13(2)26-18-11-9-17(10-12-18)21(25)23-22-20(24)16(5)27-19-8-6-7-14(3)15(19)4/h6-13,16H,1-5H3,(H,22,24)(H,23,25). The zero-order valence-electron chi connectivity index (χ0n) is 16.3. The van der Waals surface area contributed by atoms with Crippen molar-refractivity contribution in [3.05, 3.63) is 59.2 Å². The number of hydrogen-bond acceptors (Lipinski definition) is 4. The summed E-state index contributed by atoms with van der Waals surface area (Å²) in [5.41, 5.74) is 7.25. The summed E-state index contributed by atoms with van der Waals surface area (Å²) in [5.74, 6) is 0.466. The second-order valence-electron chi connectivity index (χ2n) is 6.59. The molecule has 6 heteroatoms. The van der Waals surface area contributed by atoms with Crippen LogP contribution in [0.15, 0.2) is 42.5 Å². The van der Waals surface area contributed by atoms with Gasteiger partial charge in [-0.2, -0.15) is 0 Å². The minimum Gasteiger partial charge on any atom is -0.491 e. The highest BCUT2D eigenvalue weighted by molar-refractivity contribution is 5.95. The largest absolute Gasteiger partial charge is 0.491 e. The predicted molar refractivity (Wildman–Crippen MR) is 104 cm³/mol. The van der Waals surface area contributed by atoms with E-state index in [9.17, 15) is 9.59 Å². The molecule has 0 fully saturated rings. The van der Waals surface area contributed by atoms with E-state index in [1.165, 1.54) is 0 Å². The molecule has 0 aliphatic rings. The van der Waals surface area contributed by atoms with Gasteiger partial charge < -0.3 is 9.47 Å². The molecule has 0 aliphatic carbocycles. The Bertz CT molecular complexity index is 800. The van der Waals surface area contributed by atoms with Crippen LogP contribution in [-0.2, 0) is 4.79 Å². The van der Waals surface area contributed by atoms with Crippen LogP contribution in [-0.4, -0.2) is 24.0 Å². The Morgan fingerprint density at radius 2 is 1.56 bits per heavy atom. The van der Waals surface area contributed by atoms with Gasteiger partial charge in [-0.15, -0.1) is 0 Å². The average Bonchev–Trinajstić information content (AvgIpc) is 2.63. The monoisotopic (exact) mass is 370 g/mol. The molecule has 1 unspecified atom stereocenters. The molecule has 144 valence electrons. The summed E-state index contributed by atoms with van der Waals surface area (Å²) in [4.78, 5) is 24.3. The van der Waals surface area contributed by atoms with Crippen molar-refractivity contribution in [2.75, 3.05) is 0 Å². The van der Waals surface area contributed by atoms with Gasteiger partial charge in [0.15, 0.2) is 6.10 Å². The van der Waals surface area contributed by atoms with Gasteiger partial charge in [0.2, 0.25) is 0 Å². The van der Waals surface area contributed by atoms with Crippen molar-refractivity contribution in [2.45, 2.75) is 46.8 Å². The first-order valence-corrected chi connectivity index (χ1v) is 8.87. The summed E-state index contributed by atoms with van der Waals surface area (Å²) in [6.07, 6.45) is -0.699. The normalized spacial score (nSPS) is 11.6. The minimum atomic E-state index is -0.757. The quantitative estimate of drug-likeness (QED) is 0.765. The average molecular weight is 370 g/mol. The van der Waals surface area contributed by atoms with E-state index < -0.39 is 17.9 Å². The van der Waals surface area contributed by atoms with Gasteiger partial charge in [-0.25, -0.2) is 0 Å². The zero-order chi connectivity index (χ0) is 20.0. The molecule has 0 aliphatic heterocycles. The van der Waals surface area contributed by atoms with E-state index in [1.54, 1.807) is 31.2 Å². The highest BCUT2D eigenvalue weighted by Crippen LogP contribution is 2.21. The third-order valence-corrected chi connectivity index (χ3v) is 4.02. The molecule has 2 aromatic rings. The molecule has 2 N–H and O–H groups in total. The molecular weight excluding hydrogens is 344 g/mol. The summed E-state index contributed by atoms with van der Waals surface area (Å²) in [5, 5.41) is 0. The van der Waals surface area contributed by atoms with Crippen LogP contribution in [0.5, 0.6) is 11.5 Å². The van der Waals surface area contributed by atoms with E-state index in [-0.39, 0.29) is 6.10 Å². The van der Waals surface area contributed by atoms with Crippen LogP contribution < -0.4 is 20.3 Å². The van der Waals surface area contributed by atoms with Gasteiger partial charge in [-0.05, 0) is 76.1 Å². The lowest BCUT2D eigenvalue weighted by Gasteiger charge is -2.17. The first kappa shape index (κ1) is 20.3. The molecule has 1 atom stereocenters. The van der Waals surface area contributed by atoms with Gasteiger partial charge in [0.05, 0.1) is 6.10 Å². The van der Waals surface area contributed by atoms with Crippen molar-refractivity contribution in [3.8, 4) is 11.5 Å². The fraction of sp³-hybridized carbons (Fsp3) is 0.333. The topological polar surface area (TPSA) is 76.7 Å². The number of carbonyl (C=O) groups is 2. The number of nitrogens with one attached hydrogen (secondary N) is 2. The molecule has 6 nitrogen and oxygen atoms in total. The number of amides is 2. The predicted octanol–water partition coefficient (Wildman–Crippen LogP) is 3.32. The lowest BCUT2D eigenvalue weighted by atomic mass is 10.1. The van der Waals surface area contributed by atoms with Crippen molar-refractivity contribution in [2.24, 2.45) is 0 Å². The maximum atomic E-state index is 12.2. The van der Waals surface area contributed by atoms with Crippen LogP contribution in [0.4, 0.5) is 0 Å². The van der Waals surface area contributed by atoms with Gasteiger partial charge in [0.1, 0.15) is 11.5 Å². The van der Waals surface area contributed by atoms with E-state index in [2.05, 4.69) is 10.9 Å². The van der Waals surface area contributed by atoms with Gasteiger partial charge in [-0.3, -0.25) is 20.4 Å². The SMILES string of the molecule is Cc1cccc(OC(C)C(=O)NNC(=O)c2ccc(OC(C)C)cc2)c1C. The molecular formula is C21H26N2O4. The summed E-state index contributed by atoms with van der Waals surface area (Å²) < 4.78 is 11.2. The molecule has 2 aromatic carbocycles. The van der Waals surface area contributed by atoms with E-state index in [4.69, 9.17) is 9.47 Å². The molecule has 0 bridgehead atoms. The van der Waals surface area contributed by atoms with Crippen molar-refractivity contribution in [3.63, 3.8) is 0 Å². The van der Waals surface area contributed by atoms with Crippen LogP contribution in [0, 0.1) is 13.8 Å². The summed E-state index contributed by atoms with van der Waals surface area (Å²) >= 11 is 0. The lowest BCUT2D eigenvalue weighted by Crippen LogP contribution is -2.47. The fourth-order valence-corrected chi connectivity index (χ4v) is 2.35. The maximum absolute atomic E-state index is 12.2. The highest BCUT2D eigenvalue weighted by atomic mass is 16.5. The molecule has 0 aromatic heterocycles. The number of benzene rings is 2. The molecule has 0 spiro atoms. The van der Waals surface area contributed by atoms with Crippen LogP contribution >= 0.6 is 0 Å². The van der Waals surface area contributed by atoms with E-state index in [0.717, 1.165) is 11.1 Å². The highest BCUT2D eigenvalue weighted by Gasteiger charge is 2.17. The Labute approximate surface area is 159 Å². The number of hydrogen-bond donors (Lipinski definition) is 2. The number of ether oxygens (including phenoxy) is 2. The van der Waals surface area contributed by atoms with Gasteiger partial charge in [0, 0.05) is 5.56 Å². The summed E-state index contributed by atoms with van der Waals surface area (Å²) in [6, 6.07) is 12.4. The molecule has 0 saturated carbocycles. The van der Waals surface area contributed by atoms with Gasteiger partial charge in [0.25, 0.3) is 11.8 Å². The third-order valence-electron chi connectivity index (χ3n) is 4.02. The van der Waals surface area contributed by atoms with Crippen molar-refractivity contribution in [1.29, 1.82) is 0 Å². The molecule has 2 amide bonds. The van der Waals surface area contributed by atoms with E-state index >= 15 is 0 Å². The van der Waals surface area contributed by atoms with Crippen molar-refractivity contribution in [1.82, 2.24) is 10.9 Å². The number of hydrazine groups is 1. The first-order valence-electron chi connectivity index (χ1n) is 8.87. The second-order valence-corrected chi connectivity index (χ2v) is 6.59. The fourth-order valence-electron chi connectivity index (χ4n) is 2.35. The zero-order valence-corrected chi connectivity index (χ0v) is 16.3. The Kier molecular flexibility index (Phi) is 6.82. The molecule has 0 saturated heterocycles. The number of carbonyl (C=O) groups excluding carboxylic acids is 2. The van der Waals surface area contributed by atoms with E-state index in [0.29, 0.717) is 17.1 Å². The molecule has 0 heterocycles. The Hall–Kier alpha value is -3.02. The summed E-state index contributed by atoms with van der Waals surface area (Å²) in [6.45, 7) is 9.39. The van der Waals surface area contributed by atoms with Crippen LogP contribution in [0.3, 0.4) is 0 Å². The molecule has 2 rings (SSSR count). The first-order chi connectivity index (χ1) is 12.8. The van der Waals surface area contributed by atoms with Crippen LogP contribution in [0.25, 0.3) is 0 Å². The Balaban J connectivity index is 1.88. The van der Waals surface area contributed by atoms with E-state index in [1.807, 2.05) is 45.9 Å². The molecule has 27 heavy (non-hydrogen) atoms. The third kappa shape index (κ3) is 5.74. The number of rotatable bonds is 6. The van der Waals surface area contributed by atoms with Crippen LogP contribution in [0.1, 0.15) is 42.3 Å². The Morgan fingerprint density at radius 1 is 0.889 bits per heavy atom. The van der Waals surface area contributed by atoms with Gasteiger partial charge in [-0.1, -0.05) is 12.1 Å². The number of aryl methyl sites for hydroxylation is 1. The van der Waals surface area contributed by atoms with Gasteiger partial charge >= 0.3 is 0 Å². The summed E-state index contributed by atoms with van der Waals surface area (Å²) in [7, 11) is 0. The smallest absolute Gasteiger partial charge is 0.279 e. The van der Waals surface area contributed by atoms with Crippen molar-refractivity contribution < 1.29 is 19.1 Å². The molecule has 0 radical (unpaired) electrons. The minimum absolute atomic E-state index is 0.0579. The lowest BCUT2D eigenvalue weighted by molar-refractivity contribution is -0.128.